The van der Waals surface area contributed by atoms with Crippen LogP contribution in [0.2, 0.25) is 0 Å². The molecule has 7 nitrogen and oxygen atoms in total. The van der Waals surface area contributed by atoms with Gasteiger partial charge >= 0.3 is 0 Å². The van der Waals surface area contributed by atoms with E-state index in [9.17, 15) is 9.90 Å². The van der Waals surface area contributed by atoms with E-state index in [0.29, 0.717) is 24.7 Å². The summed E-state index contributed by atoms with van der Waals surface area (Å²) in [6, 6.07) is 20.9. The second-order valence-corrected chi connectivity index (χ2v) is 8.25. The van der Waals surface area contributed by atoms with Gasteiger partial charge < -0.3 is 25.5 Å². The minimum Gasteiger partial charge on any atom is -0.459 e. The van der Waals surface area contributed by atoms with Crippen LogP contribution in [0.15, 0.2) is 82.4 Å². The Labute approximate surface area is 212 Å². The van der Waals surface area contributed by atoms with E-state index < -0.39 is 6.10 Å². The van der Waals surface area contributed by atoms with E-state index in [4.69, 9.17) is 4.42 Å². The van der Waals surface area contributed by atoms with Gasteiger partial charge in [-0.3, -0.25) is 9.79 Å². The molecule has 4 aromatic rings. The van der Waals surface area contributed by atoms with Crippen LogP contribution in [0.1, 0.15) is 27.1 Å². The van der Waals surface area contributed by atoms with Crippen molar-refractivity contribution in [3.05, 3.63) is 89.2 Å². The minimum atomic E-state index is -0.622. The third kappa shape index (κ3) is 6.56. The number of anilines is 1. The molecule has 4 N–H and O–H groups in total. The molecule has 0 fully saturated rings. The fraction of sp³-hybridized carbons (Fsp3) is 0.167. The van der Waals surface area contributed by atoms with Gasteiger partial charge in [0, 0.05) is 35.4 Å². The number of hydrogen-bond donors (Lipinski definition) is 4. The lowest BCUT2D eigenvalue weighted by Crippen LogP contribution is -2.38. The number of hydrogen-bond acceptors (Lipinski definition) is 5. The number of aliphatic imine (C=N–C) groups is 1. The number of nitrogens with zero attached hydrogens (tertiary/aromatic N) is 1. The molecule has 0 aliphatic heterocycles. The second kappa shape index (κ2) is 11.8. The lowest BCUT2D eigenvalue weighted by Gasteiger charge is -2.15. The highest BCUT2D eigenvalue weighted by molar-refractivity contribution is 14.0. The SMILES string of the molecule is CN=C(NCc1ccc(NC(=O)c2ccco2)cc1)NCC(O)c1cc2ccccc2s1.I. The molecular formula is C24H25IN4O3S. The lowest BCUT2D eigenvalue weighted by molar-refractivity contribution is 0.0996. The van der Waals surface area contributed by atoms with Crippen LogP contribution < -0.4 is 16.0 Å². The second-order valence-electron chi connectivity index (χ2n) is 7.14. The lowest BCUT2D eigenvalue weighted by atomic mass is 10.2. The van der Waals surface area contributed by atoms with Crippen molar-refractivity contribution in [3.63, 3.8) is 0 Å². The summed E-state index contributed by atoms with van der Waals surface area (Å²) in [6.45, 7) is 0.898. The zero-order chi connectivity index (χ0) is 22.3. The molecule has 0 saturated heterocycles. The van der Waals surface area contributed by atoms with E-state index >= 15 is 0 Å². The number of benzene rings is 2. The van der Waals surface area contributed by atoms with E-state index in [1.165, 1.54) is 6.26 Å². The summed E-state index contributed by atoms with van der Waals surface area (Å²) in [5.74, 6) is 0.575. The normalized spacial score (nSPS) is 12.1. The predicted molar refractivity (Wildman–Crippen MR) is 144 cm³/mol. The summed E-state index contributed by atoms with van der Waals surface area (Å²) >= 11 is 1.59. The zero-order valence-electron chi connectivity index (χ0n) is 17.9. The van der Waals surface area contributed by atoms with Crippen LogP contribution in [-0.4, -0.2) is 30.6 Å². The molecule has 172 valence electrons. The molecule has 0 spiro atoms. The van der Waals surface area contributed by atoms with Crippen molar-refractivity contribution < 1.29 is 14.3 Å². The highest BCUT2D eigenvalue weighted by Crippen LogP contribution is 2.29. The molecule has 9 heteroatoms. The predicted octanol–water partition coefficient (Wildman–Crippen LogP) is 4.76. The van der Waals surface area contributed by atoms with Crippen LogP contribution in [0.5, 0.6) is 0 Å². The number of guanidine groups is 1. The average Bonchev–Trinajstić information content (AvgIpc) is 3.50. The Hall–Kier alpha value is -2.89. The van der Waals surface area contributed by atoms with Crippen molar-refractivity contribution in [2.24, 2.45) is 4.99 Å². The number of furan rings is 1. The number of thiophene rings is 1. The van der Waals surface area contributed by atoms with Gasteiger partial charge in [-0.15, -0.1) is 35.3 Å². The third-order valence-corrected chi connectivity index (χ3v) is 6.09. The molecule has 4 rings (SSSR count). The van der Waals surface area contributed by atoms with E-state index in [1.807, 2.05) is 48.5 Å². The number of rotatable bonds is 7. The summed E-state index contributed by atoms with van der Waals surface area (Å²) in [7, 11) is 1.69. The molecule has 0 saturated carbocycles. The van der Waals surface area contributed by atoms with Crippen LogP contribution in [0.3, 0.4) is 0 Å². The Bertz CT molecular complexity index is 1170. The van der Waals surface area contributed by atoms with E-state index in [2.05, 4.69) is 27.0 Å². The van der Waals surface area contributed by atoms with Crippen LogP contribution in [-0.2, 0) is 6.54 Å². The van der Waals surface area contributed by atoms with Gasteiger partial charge in [-0.1, -0.05) is 30.3 Å². The molecule has 0 radical (unpaired) electrons. The van der Waals surface area contributed by atoms with Gasteiger partial charge in [0.25, 0.3) is 5.91 Å². The molecule has 2 heterocycles. The Morgan fingerprint density at radius 1 is 1.09 bits per heavy atom. The molecule has 33 heavy (non-hydrogen) atoms. The summed E-state index contributed by atoms with van der Waals surface area (Å²) in [6.07, 6.45) is 0.842. The number of aliphatic hydroxyl groups is 1. The first-order chi connectivity index (χ1) is 15.6. The summed E-state index contributed by atoms with van der Waals surface area (Å²) in [5, 5.41) is 20.9. The maximum Gasteiger partial charge on any atom is 0.291 e. The van der Waals surface area contributed by atoms with Gasteiger partial charge in [0.2, 0.25) is 0 Å². The summed E-state index contributed by atoms with van der Waals surface area (Å²) in [4.78, 5) is 17.2. The van der Waals surface area contributed by atoms with E-state index in [0.717, 1.165) is 20.5 Å². The van der Waals surface area contributed by atoms with Gasteiger partial charge in [0.15, 0.2) is 11.7 Å². The molecule has 0 aliphatic carbocycles. The molecule has 0 aliphatic rings. The van der Waals surface area contributed by atoms with E-state index in [1.54, 1.807) is 30.5 Å². The van der Waals surface area contributed by atoms with Crippen molar-refractivity contribution in [1.29, 1.82) is 0 Å². The summed E-state index contributed by atoms with van der Waals surface area (Å²) in [5.41, 5.74) is 1.71. The Kier molecular flexibility index (Phi) is 8.87. The standard InChI is InChI=1S/C24H24N4O3S.HI/c1-25-24(27-15-19(29)22-13-17-5-2-3-7-21(17)32-22)26-14-16-8-10-18(11-9-16)28-23(30)20-6-4-12-31-20;/h2-13,19,29H,14-15H2,1H3,(H,28,30)(H2,25,26,27);1H. The maximum atomic E-state index is 12.0. The Morgan fingerprint density at radius 2 is 1.88 bits per heavy atom. The monoisotopic (exact) mass is 576 g/mol. The smallest absolute Gasteiger partial charge is 0.291 e. The van der Waals surface area contributed by atoms with Gasteiger partial charge in [-0.2, -0.15) is 0 Å². The van der Waals surface area contributed by atoms with Crippen LogP contribution in [0.25, 0.3) is 10.1 Å². The maximum absolute atomic E-state index is 12.0. The van der Waals surface area contributed by atoms with Gasteiger partial charge in [-0.05, 0) is 47.3 Å². The van der Waals surface area contributed by atoms with Crippen molar-refractivity contribution in [2.75, 3.05) is 18.9 Å². The first-order valence-electron chi connectivity index (χ1n) is 10.2. The first kappa shape index (κ1) is 24.7. The molecule has 2 aromatic carbocycles. The average molecular weight is 576 g/mol. The molecular weight excluding hydrogens is 551 g/mol. The van der Waals surface area contributed by atoms with Crippen molar-refractivity contribution in [1.82, 2.24) is 10.6 Å². The number of nitrogens with one attached hydrogen (secondary N) is 3. The summed E-state index contributed by atoms with van der Waals surface area (Å²) < 4.78 is 6.25. The largest absolute Gasteiger partial charge is 0.459 e. The van der Waals surface area contributed by atoms with Crippen LogP contribution in [0, 0.1) is 0 Å². The number of fused-ring (bicyclic) bond motifs is 1. The van der Waals surface area contributed by atoms with Gasteiger partial charge in [-0.25, -0.2) is 0 Å². The number of amides is 1. The van der Waals surface area contributed by atoms with Gasteiger partial charge in [0.1, 0.15) is 6.10 Å². The molecule has 0 bridgehead atoms. The quantitative estimate of drug-likeness (QED) is 0.145. The fourth-order valence-electron chi connectivity index (χ4n) is 3.17. The number of carbonyl (C=O) groups is 1. The highest BCUT2D eigenvalue weighted by Gasteiger charge is 2.12. The van der Waals surface area contributed by atoms with Crippen LogP contribution in [0.4, 0.5) is 5.69 Å². The molecule has 1 amide bonds. The zero-order valence-corrected chi connectivity index (χ0v) is 21.1. The highest BCUT2D eigenvalue weighted by atomic mass is 127. The number of halogens is 1. The van der Waals surface area contributed by atoms with Crippen molar-refractivity contribution in [2.45, 2.75) is 12.6 Å². The molecule has 1 atom stereocenters. The molecule has 1 unspecified atom stereocenters. The Morgan fingerprint density at radius 3 is 2.58 bits per heavy atom. The van der Waals surface area contributed by atoms with Gasteiger partial charge in [0.05, 0.1) is 6.26 Å². The van der Waals surface area contributed by atoms with Crippen LogP contribution >= 0.6 is 35.3 Å². The van der Waals surface area contributed by atoms with Crippen molar-refractivity contribution >= 4 is 63.0 Å². The number of aliphatic hydroxyl groups excluding tert-OH is 1. The Balaban J connectivity index is 0.00000306. The number of carbonyl (C=O) groups excluding carboxylic acids is 1. The molecule has 2 aromatic heterocycles. The topological polar surface area (TPSA) is 98.9 Å². The van der Waals surface area contributed by atoms with Crippen molar-refractivity contribution in [3.8, 4) is 0 Å². The van der Waals surface area contributed by atoms with E-state index in [-0.39, 0.29) is 35.6 Å². The fourth-order valence-corrected chi connectivity index (χ4v) is 4.22. The first-order valence-corrected chi connectivity index (χ1v) is 11.0. The third-order valence-electron chi connectivity index (χ3n) is 4.88. The minimum absolute atomic E-state index is 0.